The lowest BCUT2D eigenvalue weighted by molar-refractivity contribution is 0.277. The second kappa shape index (κ2) is 6.13. The first-order valence-electron chi connectivity index (χ1n) is 6.33. The summed E-state index contributed by atoms with van der Waals surface area (Å²) in [5, 5.41) is 0. The van der Waals surface area contributed by atoms with Crippen molar-refractivity contribution in [1.29, 1.82) is 0 Å². The highest BCUT2D eigenvalue weighted by Gasteiger charge is 2.27. The lowest BCUT2D eigenvalue weighted by Crippen LogP contribution is -2.49. The maximum Gasteiger partial charge on any atom is 0.279 e. The summed E-state index contributed by atoms with van der Waals surface area (Å²) in [7, 11) is -3.34. The van der Waals surface area contributed by atoms with Gasteiger partial charge in [-0.25, -0.2) is 4.72 Å². The number of nitrogens with two attached hydrogens (primary N) is 1. The predicted molar refractivity (Wildman–Crippen MR) is 69.7 cm³/mol. The van der Waals surface area contributed by atoms with E-state index in [4.69, 9.17) is 5.73 Å². The summed E-state index contributed by atoms with van der Waals surface area (Å²) in [5.41, 5.74) is 5.84. The third-order valence-corrected chi connectivity index (χ3v) is 4.86. The Kier molecular flexibility index (Phi) is 5.37. The molecule has 0 aliphatic carbocycles. The highest BCUT2D eigenvalue weighted by Crippen LogP contribution is 2.17. The van der Waals surface area contributed by atoms with E-state index in [9.17, 15) is 8.42 Å². The van der Waals surface area contributed by atoms with Crippen LogP contribution >= 0.6 is 0 Å². The minimum atomic E-state index is -3.34. The molecule has 3 N–H and O–H groups in total. The molecule has 1 aliphatic rings. The average molecular weight is 263 g/mol. The summed E-state index contributed by atoms with van der Waals surface area (Å²) in [4.78, 5) is 0. The maximum absolute atomic E-state index is 12.0. The Bertz CT molecular complexity index is 330. The Hall–Kier alpha value is -0.170. The van der Waals surface area contributed by atoms with Crippen molar-refractivity contribution in [2.24, 2.45) is 17.6 Å². The lowest BCUT2D eigenvalue weighted by Gasteiger charge is -2.30. The van der Waals surface area contributed by atoms with E-state index >= 15 is 0 Å². The van der Waals surface area contributed by atoms with Crippen LogP contribution in [0.4, 0.5) is 0 Å². The Labute approximate surface area is 105 Å². The molecule has 0 aromatic rings. The van der Waals surface area contributed by atoms with Crippen LogP contribution in [0.1, 0.15) is 33.6 Å². The molecular weight excluding hydrogens is 238 g/mol. The zero-order valence-electron chi connectivity index (χ0n) is 11.0. The zero-order chi connectivity index (χ0) is 13.1. The van der Waals surface area contributed by atoms with Crippen LogP contribution in [-0.4, -0.2) is 38.4 Å². The molecule has 1 aliphatic heterocycles. The highest BCUT2D eigenvalue weighted by molar-refractivity contribution is 7.87. The van der Waals surface area contributed by atoms with Crippen molar-refractivity contribution >= 4 is 10.2 Å². The quantitative estimate of drug-likeness (QED) is 0.760. The van der Waals surface area contributed by atoms with Gasteiger partial charge in [-0.3, -0.25) is 0 Å². The first-order chi connectivity index (χ1) is 7.83. The zero-order valence-corrected chi connectivity index (χ0v) is 11.8. The Morgan fingerprint density at radius 1 is 1.47 bits per heavy atom. The van der Waals surface area contributed by atoms with Gasteiger partial charge in [-0.2, -0.15) is 12.7 Å². The van der Waals surface area contributed by atoms with Gasteiger partial charge in [0, 0.05) is 25.7 Å². The van der Waals surface area contributed by atoms with E-state index in [-0.39, 0.29) is 12.0 Å². The van der Waals surface area contributed by atoms with Gasteiger partial charge in [-0.05, 0) is 24.7 Å². The van der Waals surface area contributed by atoms with Gasteiger partial charge in [-0.1, -0.05) is 20.8 Å². The van der Waals surface area contributed by atoms with Gasteiger partial charge in [-0.15, -0.1) is 0 Å². The van der Waals surface area contributed by atoms with Crippen molar-refractivity contribution in [3.8, 4) is 0 Å². The molecule has 0 amide bonds. The fourth-order valence-corrected chi connectivity index (χ4v) is 3.30. The van der Waals surface area contributed by atoms with Crippen LogP contribution in [-0.2, 0) is 10.2 Å². The van der Waals surface area contributed by atoms with Crippen molar-refractivity contribution in [3.63, 3.8) is 0 Å². The third kappa shape index (κ3) is 4.54. The van der Waals surface area contributed by atoms with Gasteiger partial charge in [0.05, 0.1) is 0 Å². The molecular formula is C11H25N3O2S. The molecule has 1 saturated heterocycles. The van der Waals surface area contributed by atoms with Crippen LogP contribution in [0.15, 0.2) is 0 Å². The van der Waals surface area contributed by atoms with E-state index in [2.05, 4.69) is 11.6 Å². The molecule has 0 saturated carbocycles. The van der Waals surface area contributed by atoms with Gasteiger partial charge < -0.3 is 5.73 Å². The SMILES string of the molecule is CC1CCCN(S(=O)(=O)NCC(N)C(C)C)C1. The molecule has 0 aromatic carbocycles. The maximum atomic E-state index is 12.0. The van der Waals surface area contributed by atoms with Gasteiger partial charge in [0.1, 0.15) is 0 Å². The summed E-state index contributed by atoms with van der Waals surface area (Å²) in [6.07, 6.45) is 2.05. The third-order valence-electron chi connectivity index (χ3n) is 3.32. The number of nitrogens with one attached hydrogen (secondary N) is 1. The topological polar surface area (TPSA) is 75.4 Å². The van der Waals surface area contributed by atoms with Crippen LogP contribution in [0.25, 0.3) is 0 Å². The monoisotopic (exact) mass is 263 g/mol. The Morgan fingerprint density at radius 2 is 2.12 bits per heavy atom. The van der Waals surface area contributed by atoms with Crippen LogP contribution in [0.2, 0.25) is 0 Å². The van der Waals surface area contributed by atoms with Crippen LogP contribution in [0.3, 0.4) is 0 Å². The van der Waals surface area contributed by atoms with Gasteiger partial charge >= 0.3 is 0 Å². The largest absolute Gasteiger partial charge is 0.326 e. The number of hydrogen-bond donors (Lipinski definition) is 2. The minimum Gasteiger partial charge on any atom is -0.326 e. The summed E-state index contributed by atoms with van der Waals surface area (Å²) in [5.74, 6) is 0.720. The Morgan fingerprint density at radius 3 is 2.65 bits per heavy atom. The first kappa shape index (κ1) is 14.9. The smallest absolute Gasteiger partial charge is 0.279 e. The van der Waals surface area contributed by atoms with Gasteiger partial charge in [0.25, 0.3) is 10.2 Å². The van der Waals surface area contributed by atoms with E-state index in [1.54, 1.807) is 0 Å². The second-order valence-electron chi connectivity index (χ2n) is 5.37. The van der Waals surface area contributed by atoms with E-state index in [0.717, 1.165) is 12.8 Å². The normalized spacial score (nSPS) is 25.1. The standard InChI is InChI=1S/C11H25N3O2S/c1-9(2)11(12)7-13-17(15,16)14-6-4-5-10(3)8-14/h9-11,13H,4-8,12H2,1-3H3. The summed E-state index contributed by atoms with van der Waals surface area (Å²) in [6, 6.07) is -0.132. The molecule has 0 bridgehead atoms. The number of piperidine rings is 1. The number of nitrogens with zero attached hydrogens (tertiary/aromatic N) is 1. The molecule has 0 spiro atoms. The van der Waals surface area contributed by atoms with Gasteiger partial charge in [0.2, 0.25) is 0 Å². The minimum absolute atomic E-state index is 0.132. The molecule has 2 unspecified atom stereocenters. The van der Waals surface area contributed by atoms with Crippen molar-refractivity contribution in [2.45, 2.75) is 39.7 Å². The van der Waals surface area contributed by atoms with E-state index in [1.807, 2.05) is 13.8 Å². The molecule has 1 rings (SSSR count). The molecule has 1 fully saturated rings. The van der Waals surface area contributed by atoms with Crippen molar-refractivity contribution < 1.29 is 8.42 Å². The molecule has 6 heteroatoms. The van der Waals surface area contributed by atoms with Crippen LogP contribution < -0.4 is 10.5 Å². The molecule has 2 atom stereocenters. The van der Waals surface area contributed by atoms with Crippen LogP contribution in [0.5, 0.6) is 0 Å². The number of rotatable bonds is 5. The van der Waals surface area contributed by atoms with E-state index in [0.29, 0.717) is 25.6 Å². The van der Waals surface area contributed by atoms with E-state index in [1.165, 1.54) is 4.31 Å². The second-order valence-corrected chi connectivity index (χ2v) is 7.12. The summed E-state index contributed by atoms with van der Waals surface area (Å²) >= 11 is 0. The van der Waals surface area contributed by atoms with Crippen molar-refractivity contribution in [3.05, 3.63) is 0 Å². The first-order valence-corrected chi connectivity index (χ1v) is 7.77. The summed E-state index contributed by atoms with van der Waals surface area (Å²) < 4.78 is 28.2. The molecule has 17 heavy (non-hydrogen) atoms. The molecule has 5 nitrogen and oxygen atoms in total. The van der Waals surface area contributed by atoms with Crippen molar-refractivity contribution in [1.82, 2.24) is 9.03 Å². The Balaban J connectivity index is 2.50. The fraction of sp³-hybridized carbons (Fsp3) is 1.00. The number of hydrogen-bond acceptors (Lipinski definition) is 3. The summed E-state index contributed by atoms with van der Waals surface area (Å²) in [6.45, 7) is 7.61. The van der Waals surface area contributed by atoms with Crippen molar-refractivity contribution in [2.75, 3.05) is 19.6 Å². The van der Waals surface area contributed by atoms with Gasteiger partial charge in [0.15, 0.2) is 0 Å². The molecule has 102 valence electrons. The van der Waals surface area contributed by atoms with Crippen LogP contribution in [0, 0.1) is 11.8 Å². The lowest BCUT2D eigenvalue weighted by atomic mass is 10.0. The molecule has 0 aromatic heterocycles. The molecule has 1 heterocycles. The predicted octanol–water partition coefficient (Wildman–Crippen LogP) is 0.536. The van der Waals surface area contributed by atoms with E-state index < -0.39 is 10.2 Å². The average Bonchev–Trinajstić information content (AvgIpc) is 2.26. The fourth-order valence-electron chi connectivity index (χ4n) is 1.89. The highest BCUT2D eigenvalue weighted by atomic mass is 32.2. The molecule has 0 radical (unpaired) electrons.